The Labute approximate surface area is 121 Å². The van der Waals surface area contributed by atoms with Crippen molar-refractivity contribution in [2.75, 3.05) is 13.7 Å². The summed E-state index contributed by atoms with van der Waals surface area (Å²) in [5.74, 6) is 1.86. The molecule has 0 spiro atoms. The molecule has 0 bridgehead atoms. The number of benzene rings is 2. The molecule has 1 fully saturated rings. The minimum absolute atomic E-state index is 0.499. The molecule has 0 amide bonds. The zero-order valence-corrected chi connectivity index (χ0v) is 12.4. The molecule has 1 atom stereocenters. The molecule has 1 unspecified atom stereocenters. The SMILES string of the molecule is CCNC(CC1CC1)c1ccc2cc(OC)ccc2c1. The second-order valence-corrected chi connectivity index (χ2v) is 5.76. The van der Waals surface area contributed by atoms with Crippen LogP contribution in [0, 0.1) is 5.92 Å². The van der Waals surface area contributed by atoms with E-state index in [1.54, 1.807) is 7.11 Å². The average molecular weight is 269 g/mol. The Morgan fingerprint density at radius 3 is 2.60 bits per heavy atom. The minimum Gasteiger partial charge on any atom is -0.497 e. The summed E-state index contributed by atoms with van der Waals surface area (Å²) < 4.78 is 5.29. The largest absolute Gasteiger partial charge is 0.497 e. The Kier molecular flexibility index (Phi) is 3.93. The van der Waals surface area contributed by atoms with E-state index in [0.717, 1.165) is 18.2 Å². The summed E-state index contributed by atoms with van der Waals surface area (Å²) in [6.45, 7) is 3.21. The number of hydrogen-bond acceptors (Lipinski definition) is 2. The van der Waals surface area contributed by atoms with Crippen molar-refractivity contribution in [3.05, 3.63) is 42.0 Å². The van der Waals surface area contributed by atoms with Crippen LogP contribution in [0.3, 0.4) is 0 Å². The second kappa shape index (κ2) is 5.84. The van der Waals surface area contributed by atoms with E-state index >= 15 is 0 Å². The van der Waals surface area contributed by atoms with Gasteiger partial charge in [-0.1, -0.05) is 38.0 Å². The van der Waals surface area contributed by atoms with Crippen LogP contribution in [0.5, 0.6) is 5.75 Å². The number of ether oxygens (including phenoxy) is 1. The van der Waals surface area contributed by atoms with E-state index in [-0.39, 0.29) is 0 Å². The average Bonchev–Trinajstić information content (AvgIpc) is 3.30. The quantitative estimate of drug-likeness (QED) is 0.844. The van der Waals surface area contributed by atoms with Gasteiger partial charge in [-0.2, -0.15) is 0 Å². The Morgan fingerprint density at radius 1 is 1.15 bits per heavy atom. The Bertz CT molecular complexity index is 589. The van der Waals surface area contributed by atoms with E-state index in [1.807, 2.05) is 6.07 Å². The fourth-order valence-corrected chi connectivity index (χ4v) is 2.86. The molecule has 1 aliphatic carbocycles. The molecule has 0 radical (unpaired) electrons. The van der Waals surface area contributed by atoms with Crippen LogP contribution in [-0.4, -0.2) is 13.7 Å². The Balaban J connectivity index is 1.89. The lowest BCUT2D eigenvalue weighted by Crippen LogP contribution is -2.21. The van der Waals surface area contributed by atoms with Crippen molar-refractivity contribution in [1.82, 2.24) is 5.32 Å². The van der Waals surface area contributed by atoms with Crippen molar-refractivity contribution in [3.8, 4) is 5.75 Å². The highest BCUT2D eigenvalue weighted by Gasteiger charge is 2.25. The molecule has 2 nitrogen and oxygen atoms in total. The van der Waals surface area contributed by atoms with Crippen LogP contribution in [-0.2, 0) is 0 Å². The lowest BCUT2D eigenvalue weighted by atomic mass is 9.98. The third kappa shape index (κ3) is 2.96. The van der Waals surface area contributed by atoms with E-state index < -0.39 is 0 Å². The highest BCUT2D eigenvalue weighted by molar-refractivity contribution is 5.84. The molecular weight excluding hydrogens is 246 g/mol. The van der Waals surface area contributed by atoms with Gasteiger partial charge in [0.25, 0.3) is 0 Å². The fourth-order valence-electron chi connectivity index (χ4n) is 2.86. The van der Waals surface area contributed by atoms with Gasteiger partial charge in [0.2, 0.25) is 0 Å². The van der Waals surface area contributed by atoms with Gasteiger partial charge in [0, 0.05) is 6.04 Å². The number of hydrogen-bond donors (Lipinski definition) is 1. The summed E-state index contributed by atoms with van der Waals surface area (Å²) in [6.07, 6.45) is 4.09. The Morgan fingerprint density at radius 2 is 1.90 bits per heavy atom. The molecule has 0 aromatic heterocycles. The fraction of sp³-hybridized carbons (Fsp3) is 0.444. The predicted octanol–water partition coefficient (Wildman–Crippen LogP) is 4.30. The smallest absolute Gasteiger partial charge is 0.119 e. The van der Waals surface area contributed by atoms with E-state index in [1.165, 1.54) is 35.6 Å². The second-order valence-electron chi connectivity index (χ2n) is 5.76. The molecule has 106 valence electrons. The maximum atomic E-state index is 5.29. The molecule has 1 saturated carbocycles. The monoisotopic (exact) mass is 269 g/mol. The molecule has 0 heterocycles. The third-order valence-corrected chi connectivity index (χ3v) is 4.19. The van der Waals surface area contributed by atoms with Gasteiger partial charge in [0.15, 0.2) is 0 Å². The molecule has 0 aliphatic heterocycles. The summed E-state index contributed by atoms with van der Waals surface area (Å²) >= 11 is 0. The lowest BCUT2D eigenvalue weighted by molar-refractivity contribution is 0.415. The molecular formula is C18H23NO. The van der Waals surface area contributed by atoms with Gasteiger partial charge < -0.3 is 10.1 Å². The summed E-state index contributed by atoms with van der Waals surface area (Å²) in [5.41, 5.74) is 1.41. The van der Waals surface area contributed by atoms with Crippen molar-refractivity contribution >= 4 is 10.8 Å². The van der Waals surface area contributed by atoms with Gasteiger partial charge in [-0.3, -0.25) is 0 Å². The lowest BCUT2D eigenvalue weighted by Gasteiger charge is -2.19. The maximum absolute atomic E-state index is 5.29. The molecule has 0 saturated heterocycles. The maximum Gasteiger partial charge on any atom is 0.119 e. The summed E-state index contributed by atoms with van der Waals surface area (Å²) in [7, 11) is 1.71. The summed E-state index contributed by atoms with van der Waals surface area (Å²) in [6, 6.07) is 13.6. The molecule has 20 heavy (non-hydrogen) atoms. The first-order chi connectivity index (χ1) is 9.80. The van der Waals surface area contributed by atoms with Gasteiger partial charge in [-0.05, 0) is 53.4 Å². The first kappa shape index (κ1) is 13.4. The summed E-state index contributed by atoms with van der Waals surface area (Å²) in [4.78, 5) is 0. The first-order valence-electron chi connectivity index (χ1n) is 7.61. The minimum atomic E-state index is 0.499. The number of rotatable bonds is 6. The Hall–Kier alpha value is -1.54. The van der Waals surface area contributed by atoms with Gasteiger partial charge in [-0.25, -0.2) is 0 Å². The van der Waals surface area contributed by atoms with Crippen molar-refractivity contribution in [3.63, 3.8) is 0 Å². The van der Waals surface area contributed by atoms with Crippen LogP contribution in [0.4, 0.5) is 0 Å². The van der Waals surface area contributed by atoms with Crippen LogP contribution < -0.4 is 10.1 Å². The molecule has 2 aromatic rings. The topological polar surface area (TPSA) is 21.3 Å². The highest BCUT2D eigenvalue weighted by Crippen LogP contribution is 2.38. The molecule has 1 aliphatic rings. The molecule has 2 heteroatoms. The van der Waals surface area contributed by atoms with Crippen molar-refractivity contribution in [2.24, 2.45) is 5.92 Å². The molecule has 1 N–H and O–H groups in total. The standard InChI is InChI=1S/C18H23NO/c1-3-19-18(10-13-4-5-13)16-7-6-15-12-17(20-2)9-8-14(15)11-16/h6-9,11-13,18-19H,3-5,10H2,1-2H3. The summed E-state index contributed by atoms with van der Waals surface area (Å²) in [5, 5.41) is 6.17. The van der Waals surface area contributed by atoms with E-state index in [0.29, 0.717) is 6.04 Å². The van der Waals surface area contributed by atoms with Crippen molar-refractivity contribution in [1.29, 1.82) is 0 Å². The zero-order chi connectivity index (χ0) is 13.9. The van der Waals surface area contributed by atoms with Crippen LogP contribution in [0.15, 0.2) is 36.4 Å². The van der Waals surface area contributed by atoms with Crippen LogP contribution in [0.1, 0.15) is 37.8 Å². The molecule has 3 rings (SSSR count). The number of fused-ring (bicyclic) bond motifs is 1. The van der Waals surface area contributed by atoms with Gasteiger partial charge in [-0.15, -0.1) is 0 Å². The molecule has 2 aromatic carbocycles. The van der Waals surface area contributed by atoms with Crippen LogP contribution in [0.25, 0.3) is 10.8 Å². The predicted molar refractivity (Wildman–Crippen MR) is 84.3 cm³/mol. The van der Waals surface area contributed by atoms with Crippen molar-refractivity contribution < 1.29 is 4.74 Å². The first-order valence-corrected chi connectivity index (χ1v) is 7.61. The van der Waals surface area contributed by atoms with Crippen LogP contribution >= 0.6 is 0 Å². The van der Waals surface area contributed by atoms with E-state index in [2.05, 4.69) is 42.6 Å². The normalized spacial score (nSPS) is 16.3. The van der Waals surface area contributed by atoms with Gasteiger partial charge in [0.05, 0.1) is 7.11 Å². The number of methoxy groups -OCH3 is 1. The number of nitrogens with one attached hydrogen (secondary N) is 1. The zero-order valence-electron chi connectivity index (χ0n) is 12.4. The van der Waals surface area contributed by atoms with E-state index in [9.17, 15) is 0 Å². The van der Waals surface area contributed by atoms with Crippen LogP contribution in [0.2, 0.25) is 0 Å². The van der Waals surface area contributed by atoms with E-state index in [4.69, 9.17) is 4.74 Å². The highest BCUT2D eigenvalue weighted by atomic mass is 16.5. The van der Waals surface area contributed by atoms with Gasteiger partial charge in [0.1, 0.15) is 5.75 Å². The van der Waals surface area contributed by atoms with Gasteiger partial charge >= 0.3 is 0 Å². The third-order valence-electron chi connectivity index (χ3n) is 4.19. The van der Waals surface area contributed by atoms with Crippen molar-refractivity contribution in [2.45, 2.75) is 32.2 Å².